The van der Waals surface area contributed by atoms with Crippen LogP contribution in [0.25, 0.3) is 0 Å². The van der Waals surface area contributed by atoms with Crippen molar-refractivity contribution < 1.29 is 9.53 Å². The van der Waals surface area contributed by atoms with Crippen molar-refractivity contribution >= 4 is 27.6 Å². The Balaban J connectivity index is 3.01. The van der Waals surface area contributed by atoms with E-state index in [9.17, 15) is 4.79 Å². The van der Waals surface area contributed by atoms with Crippen LogP contribution >= 0.6 is 21.6 Å². The first-order valence-corrected chi connectivity index (χ1v) is 12.2. The molecule has 0 amide bonds. The molecule has 0 N–H and O–H groups in total. The van der Waals surface area contributed by atoms with Crippen LogP contribution in [0, 0.1) is 0 Å². The van der Waals surface area contributed by atoms with Crippen molar-refractivity contribution in [3.05, 3.63) is 0 Å². The number of hydrogen-bond acceptors (Lipinski definition) is 4. The van der Waals surface area contributed by atoms with Gasteiger partial charge in [-0.15, -0.1) is 0 Å². The van der Waals surface area contributed by atoms with Crippen LogP contribution in [0.15, 0.2) is 0 Å². The zero-order valence-corrected chi connectivity index (χ0v) is 17.1. The van der Waals surface area contributed by atoms with E-state index in [1.807, 2.05) is 28.5 Å². The third-order valence-electron chi connectivity index (χ3n) is 3.80. The zero-order valence-electron chi connectivity index (χ0n) is 15.4. The van der Waals surface area contributed by atoms with E-state index in [1.54, 1.807) is 0 Å². The van der Waals surface area contributed by atoms with Crippen molar-refractivity contribution in [1.82, 2.24) is 0 Å². The summed E-state index contributed by atoms with van der Waals surface area (Å²) in [7, 11) is 3.76. The van der Waals surface area contributed by atoms with Gasteiger partial charge in [-0.3, -0.25) is 4.79 Å². The van der Waals surface area contributed by atoms with E-state index >= 15 is 0 Å². The minimum atomic E-state index is -0.0523. The Morgan fingerprint density at radius 1 is 0.696 bits per heavy atom. The van der Waals surface area contributed by atoms with Crippen molar-refractivity contribution in [2.24, 2.45) is 0 Å². The number of rotatable bonds is 18. The smallest absolute Gasteiger partial charge is 0.305 e. The molecular formula is C19H38O2S2. The monoisotopic (exact) mass is 362 g/mol. The summed E-state index contributed by atoms with van der Waals surface area (Å²) in [4.78, 5) is 11.2. The highest BCUT2D eigenvalue weighted by atomic mass is 33.1. The third-order valence-corrected chi connectivity index (χ3v) is 6.25. The second-order valence-electron chi connectivity index (χ2n) is 6.15. The molecule has 0 aromatic heterocycles. The van der Waals surface area contributed by atoms with E-state index in [-0.39, 0.29) is 5.97 Å². The van der Waals surface area contributed by atoms with Gasteiger partial charge in [-0.25, -0.2) is 0 Å². The SMILES string of the molecule is CCCCCCCCCCCCCSSCCOC(=O)CCC. The summed E-state index contributed by atoms with van der Waals surface area (Å²) in [5, 5.41) is 0. The summed E-state index contributed by atoms with van der Waals surface area (Å²) in [6, 6.07) is 0. The summed E-state index contributed by atoms with van der Waals surface area (Å²) in [6.45, 7) is 4.84. The highest BCUT2D eigenvalue weighted by molar-refractivity contribution is 8.76. The zero-order chi connectivity index (χ0) is 17.0. The predicted octanol–water partition coefficient (Wildman–Crippen LogP) is 7.02. The lowest BCUT2D eigenvalue weighted by molar-refractivity contribution is -0.142. The molecule has 0 aromatic rings. The summed E-state index contributed by atoms with van der Waals surface area (Å²) in [5.74, 6) is 2.09. The van der Waals surface area contributed by atoms with Gasteiger partial charge in [0.1, 0.15) is 6.61 Å². The summed E-state index contributed by atoms with van der Waals surface area (Å²) in [5.41, 5.74) is 0. The lowest BCUT2D eigenvalue weighted by Gasteiger charge is -2.04. The van der Waals surface area contributed by atoms with E-state index in [1.165, 1.54) is 76.4 Å². The van der Waals surface area contributed by atoms with Crippen LogP contribution in [0.4, 0.5) is 0 Å². The minimum absolute atomic E-state index is 0.0523. The Kier molecular flexibility index (Phi) is 20.4. The Labute approximate surface area is 152 Å². The Hall–Kier alpha value is 0.170. The van der Waals surface area contributed by atoms with Crippen LogP contribution in [0.3, 0.4) is 0 Å². The fourth-order valence-electron chi connectivity index (χ4n) is 2.41. The molecule has 23 heavy (non-hydrogen) atoms. The molecule has 0 bridgehead atoms. The van der Waals surface area contributed by atoms with Gasteiger partial charge in [-0.2, -0.15) is 0 Å². The summed E-state index contributed by atoms with van der Waals surface area (Å²) >= 11 is 0. The number of carbonyl (C=O) groups excluding carboxylic acids is 1. The molecule has 0 aliphatic heterocycles. The average molecular weight is 363 g/mol. The molecule has 4 heteroatoms. The molecule has 0 rings (SSSR count). The van der Waals surface area contributed by atoms with Crippen molar-refractivity contribution in [2.75, 3.05) is 18.1 Å². The molecule has 138 valence electrons. The Morgan fingerprint density at radius 3 is 1.78 bits per heavy atom. The first-order chi connectivity index (χ1) is 11.3. The molecule has 0 aliphatic rings. The van der Waals surface area contributed by atoms with Gasteiger partial charge in [0.2, 0.25) is 0 Å². The lowest BCUT2D eigenvalue weighted by Crippen LogP contribution is -2.06. The fourth-order valence-corrected chi connectivity index (χ4v) is 4.38. The first kappa shape index (κ1) is 23.2. The molecule has 0 saturated carbocycles. The van der Waals surface area contributed by atoms with Crippen LogP contribution in [0.1, 0.15) is 97.3 Å². The molecule has 0 aromatic carbocycles. The van der Waals surface area contributed by atoms with Gasteiger partial charge in [-0.05, 0) is 12.8 Å². The van der Waals surface area contributed by atoms with Gasteiger partial charge in [0.15, 0.2) is 0 Å². The van der Waals surface area contributed by atoms with Crippen LogP contribution in [-0.4, -0.2) is 24.1 Å². The number of carbonyl (C=O) groups is 1. The van der Waals surface area contributed by atoms with E-state index in [2.05, 4.69) is 6.92 Å². The highest BCUT2D eigenvalue weighted by Gasteiger charge is 2.00. The lowest BCUT2D eigenvalue weighted by atomic mass is 10.1. The maximum atomic E-state index is 11.2. The quantitative estimate of drug-likeness (QED) is 0.149. The second-order valence-corrected chi connectivity index (χ2v) is 8.85. The van der Waals surface area contributed by atoms with E-state index < -0.39 is 0 Å². The van der Waals surface area contributed by atoms with Gasteiger partial charge >= 0.3 is 5.97 Å². The van der Waals surface area contributed by atoms with E-state index in [0.29, 0.717) is 13.0 Å². The fraction of sp³-hybridized carbons (Fsp3) is 0.947. The molecule has 0 spiro atoms. The van der Waals surface area contributed by atoms with Crippen LogP contribution in [-0.2, 0) is 9.53 Å². The van der Waals surface area contributed by atoms with Gasteiger partial charge in [0.25, 0.3) is 0 Å². The molecule has 0 heterocycles. The van der Waals surface area contributed by atoms with Crippen LogP contribution < -0.4 is 0 Å². The van der Waals surface area contributed by atoms with Gasteiger partial charge in [0, 0.05) is 17.9 Å². The number of esters is 1. The third kappa shape index (κ3) is 20.1. The number of ether oxygens (including phenoxy) is 1. The van der Waals surface area contributed by atoms with Crippen LogP contribution in [0.5, 0.6) is 0 Å². The molecule has 0 aliphatic carbocycles. The normalized spacial score (nSPS) is 10.9. The molecule has 0 fully saturated rings. The van der Waals surface area contributed by atoms with Crippen LogP contribution in [0.2, 0.25) is 0 Å². The molecule has 2 nitrogen and oxygen atoms in total. The average Bonchev–Trinajstić information content (AvgIpc) is 2.54. The number of unbranched alkanes of at least 4 members (excludes halogenated alkanes) is 10. The van der Waals surface area contributed by atoms with Gasteiger partial charge < -0.3 is 4.74 Å². The van der Waals surface area contributed by atoms with Crippen molar-refractivity contribution in [3.8, 4) is 0 Å². The summed E-state index contributed by atoms with van der Waals surface area (Å²) in [6.07, 6.45) is 16.9. The van der Waals surface area contributed by atoms with E-state index in [0.717, 1.165) is 12.2 Å². The van der Waals surface area contributed by atoms with Crippen molar-refractivity contribution in [1.29, 1.82) is 0 Å². The molecule has 0 atom stereocenters. The highest BCUT2D eigenvalue weighted by Crippen LogP contribution is 2.23. The Bertz CT molecular complexity index is 248. The molecule has 0 saturated heterocycles. The standard InChI is InChI=1S/C19H38O2S2/c1-3-5-6-7-8-9-10-11-12-13-14-17-22-23-18-16-21-19(20)15-4-2/h3-18H2,1-2H3. The van der Waals surface area contributed by atoms with Crippen molar-refractivity contribution in [3.63, 3.8) is 0 Å². The maximum Gasteiger partial charge on any atom is 0.305 e. The van der Waals surface area contributed by atoms with E-state index in [4.69, 9.17) is 4.74 Å². The minimum Gasteiger partial charge on any atom is -0.465 e. The summed E-state index contributed by atoms with van der Waals surface area (Å²) < 4.78 is 5.12. The first-order valence-electron chi connectivity index (χ1n) is 9.71. The molecule has 0 radical (unpaired) electrons. The number of hydrogen-bond donors (Lipinski definition) is 0. The largest absolute Gasteiger partial charge is 0.465 e. The van der Waals surface area contributed by atoms with Gasteiger partial charge in [-0.1, -0.05) is 99.6 Å². The second kappa shape index (κ2) is 20.2. The Morgan fingerprint density at radius 2 is 1.22 bits per heavy atom. The predicted molar refractivity (Wildman–Crippen MR) is 107 cm³/mol. The molecule has 0 unspecified atom stereocenters. The van der Waals surface area contributed by atoms with Gasteiger partial charge in [0.05, 0.1) is 0 Å². The molecular weight excluding hydrogens is 324 g/mol. The maximum absolute atomic E-state index is 11.2. The van der Waals surface area contributed by atoms with Crippen molar-refractivity contribution in [2.45, 2.75) is 97.3 Å². The topological polar surface area (TPSA) is 26.3 Å².